The molecule has 0 radical (unpaired) electrons. The van der Waals surface area contributed by atoms with Crippen molar-refractivity contribution in [3.63, 3.8) is 0 Å². The van der Waals surface area contributed by atoms with Gasteiger partial charge in [0.25, 0.3) is 0 Å². The number of carboxylic acids is 1. The van der Waals surface area contributed by atoms with E-state index in [1.165, 1.54) is 51.4 Å². The summed E-state index contributed by atoms with van der Waals surface area (Å²) in [6, 6.07) is 0. The van der Waals surface area contributed by atoms with Crippen LogP contribution in [0.25, 0.3) is 0 Å². The maximum absolute atomic E-state index is 11.2. The van der Waals surface area contributed by atoms with Crippen molar-refractivity contribution < 1.29 is 9.90 Å². The summed E-state index contributed by atoms with van der Waals surface area (Å²) in [7, 11) is 0. The zero-order valence-electron chi connectivity index (χ0n) is 20.9. The van der Waals surface area contributed by atoms with Crippen LogP contribution in [0.3, 0.4) is 0 Å². The van der Waals surface area contributed by atoms with Crippen LogP contribution >= 0.6 is 0 Å². The normalized spacial score (nSPS) is 50.8. The molecule has 0 amide bonds. The molecule has 0 aromatic heterocycles. The van der Waals surface area contributed by atoms with Crippen LogP contribution in [-0.2, 0) is 4.79 Å². The molecule has 0 saturated heterocycles. The molecule has 4 saturated carbocycles. The van der Waals surface area contributed by atoms with Gasteiger partial charge in [-0.25, -0.2) is 0 Å². The fourth-order valence-electron chi connectivity index (χ4n) is 10.2. The predicted molar refractivity (Wildman–Crippen MR) is 124 cm³/mol. The standard InChI is InChI=1S/C28H48O2/c1-18(8-11-24(29)30)20-13-16-28(7)22-9-10-23-25(3,4)19(2)12-15-26(23,5)21(22)14-17-27(20,28)6/h18-23H,8-17H2,1-7H3,(H,29,30)/t18-,19+,20?,21?,22?,23?,26-,27-,28+/m1/s1. The Labute approximate surface area is 186 Å². The molecule has 4 fully saturated rings. The summed E-state index contributed by atoms with van der Waals surface area (Å²) in [5.41, 5.74) is 1.84. The molecule has 0 bridgehead atoms. The van der Waals surface area contributed by atoms with E-state index < -0.39 is 5.97 Å². The minimum atomic E-state index is -0.628. The van der Waals surface area contributed by atoms with Gasteiger partial charge in [0.2, 0.25) is 0 Å². The highest BCUT2D eigenvalue weighted by Crippen LogP contribution is 2.75. The second-order valence-corrected chi connectivity index (χ2v) is 13.5. The highest BCUT2D eigenvalue weighted by atomic mass is 16.4. The minimum absolute atomic E-state index is 0.337. The lowest BCUT2D eigenvalue weighted by Crippen LogP contribution is -2.60. The predicted octanol–water partition coefficient (Wildman–Crippen LogP) is 7.81. The van der Waals surface area contributed by atoms with E-state index in [9.17, 15) is 9.90 Å². The Morgan fingerprint density at radius 3 is 2.23 bits per heavy atom. The SMILES string of the molecule is C[C@H](CCC(=O)O)C1CC[C@@]2(C)C3CCC4C(C)(C)[C@@H](C)CC[C@]4(C)C3CC[C@]12C. The molecule has 4 unspecified atom stereocenters. The molecule has 4 rings (SSSR count). The van der Waals surface area contributed by atoms with Crippen molar-refractivity contribution in [1.82, 2.24) is 0 Å². The third kappa shape index (κ3) is 2.97. The summed E-state index contributed by atoms with van der Waals surface area (Å²) in [4.78, 5) is 11.2. The molecule has 0 aromatic rings. The molecule has 0 heterocycles. The number of fused-ring (bicyclic) bond motifs is 5. The average molecular weight is 417 g/mol. The summed E-state index contributed by atoms with van der Waals surface area (Å²) < 4.78 is 0. The second kappa shape index (κ2) is 7.24. The van der Waals surface area contributed by atoms with Gasteiger partial charge in [-0.2, -0.15) is 0 Å². The molecule has 4 aliphatic carbocycles. The molecular formula is C28H48O2. The molecular weight excluding hydrogens is 368 g/mol. The van der Waals surface area contributed by atoms with Gasteiger partial charge in [-0.05, 0) is 115 Å². The summed E-state index contributed by atoms with van der Waals surface area (Å²) in [6.45, 7) is 18.0. The van der Waals surface area contributed by atoms with E-state index in [0.717, 1.165) is 30.1 Å². The van der Waals surface area contributed by atoms with Crippen molar-refractivity contribution in [2.45, 2.75) is 113 Å². The van der Waals surface area contributed by atoms with Gasteiger partial charge in [0.1, 0.15) is 0 Å². The maximum Gasteiger partial charge on any atom is 0.303 e. The number of hydrogen-bond donors (Lipinski definition) is 1. The quantitative estimate of drug-likeness (QED) is 0.507. The number of carbonyl (C=O) groups is 1. The first-order chi connectivity index (χ1) is 13.9. The third-order valence-electron chi connectivity index (χ3n) is 12.6. The lowest BCUT2D eigenvalue weighted by Gasteiger charge is -2.68. The van der Waals surface area contributed by atoms with Gasteiger partial charge in [-0.1, -0.05) is 48.5 Å². The molecule has 172 valence electrons. The van der Waals surface area contributed by atoms with Crippen molar-refractivity contribution in [1.29, 1.82) is 0 Å². The molecule has 1 N–H and O–H groups in total. The number of rotatable bonds is 4. The van der Waals surface area contributed by atoms with Gasteiger partial charge in [-0.15, -0.1) is 0 Å². The largest absolute Gasteiger partial charge is 0.481 e. The first kappa shape index (κ1) is 22.7. The third-order valence-corrected chi connectivity index (χ3v) is 12.6. The Bertz CT molecular complexity index is 682. The van der Waals surface area contributed by atoms with Crippen molar-refractivity contribution in [3.05, 3.63) is 0 Å². The molecule has 2 heteroatoms. The zero-order valence-corrected chi connectivity index (χ0v) is 20.9. The fraction of sp³-hybridized carbons (Fsp3) is 0.964. The van der Waals surface area contributed by atoms with Gasteiger partial charge >= 0.3 is 5.97 Å². The highest BCUT2D eigenvalue weighted by Gasteiger charge is 2.67. The second-order valence-electron chi connectivity index (χ2n) is 13.5. The van der Waals surface area contributed by atoms with Crippen molar-refractivity contribution in [2.24, 2.45) is 57.2 Å². The van der Waals surface area contributed by atoms with Crippen LogP contribution in [-0.4, -0.2) is 11.1 Å². The molecule has 0 spiro atoms. The van der Waals surface area contributed by atoms with Crippen LogP contribution in [0.5, 0.6) is 0 Å². The first-order valence-electron chi connectivity index (χ1n) is 13.1. The van der Waals surface area contributed by atoms with Gasteiger partial charge in [0.05, 0.1) is 0 Å². The van der Waals surface area contributed by atoms with Gasteiger partial charge in [-0.3, -0.25) is 4.79 Å². The van der Waals surface area contributed by atoms with E-state index >= 15 is 0 Å². The van der Waals surface area contributed by atoms with E-state index in [2.05, 4.69) is 48.5 Å². The summed E-state index contributed by atoms with van der Waals surface area (Å²) in [5, 5.41) is 9.21. The van der Waals surface area contributed by atoms with Crippen molar-refractivity contribution >= 4 is 5.97 Å². The van der Waals surface area contributed by atoms with Crippen LogP contribution < -0.4 is 0 Å². The van der Waals surface area contributed by atoms with Crippen molar-refractivity contribution in [2.75, 3.05) is 0 Å². The Morgan fingerprint density at radius 1 is 0.900 bits per heavy atom. The topological polar surface area (TPSA) is 37.3 Å². The Balaban J connectivity index is 1.60. The Morgan fingerprint density at radius 2 is 1.57 bits per heavy atom. The van der Waals surface area contributed by atoms with E-state index in [4.69, 9.17) is 0 Å². The first-order valence-corrected chi connectivity index (χ1v) is 13.1. The molecule has 2 nitrogen and oxygen atoms in total. The smallest absolute Gasteiger partial charge is 0.303 e. The molecule has 4 aliphatic rings. The Kier molecular flexibility index (Phi) is 5.47. The van der Waals surface area contributed by atoms with Crippen LogP contribution in [0.2, 0.25) is 0 Å². The van der Waals surface area contributed by atoms with Crippen molar-refractivity contribution in [3.8, 4) is 0 Å². The Hall–Kier alpha value is -0.530. The van der Waals surface area contributed by atoms with Gasteiger partial charge in [0.15, 0.2) is 0 Å². The summed E-state index contributed by atoms with van der Waals surface area (Å²) >= 11 is 0. The highest BCUT2D eigenvalue weighted by molar-refractivity contribution is 5.66. The monoisotopic (exact) mass is 416 g/mol. The van der Waals surface area contributed by atoms with Gasteiger partial charge in [0, 0.05) is 6.42 Å². The summed E-state index contributed by atoms with van der Waals surface area (Å²) in [6.07, 6.45) is 12.4. The van der Waals surface area contributed by atoms with Crippen LogP contribution in [0.1, 0.15) is 113 Å². The molecule has 0 aromatic carbocycles. The minimum Gasteiger partial charge on any atom is -0.481 e. The van der Waals surface area contributed by atoms with Crippen LogP contribution in [0.4, 0.5) is 0 Å². The lowest BCUT2D eigenvalue weighted by atomic mass is 9.37. The van der Waals surface area contributed by atoms with E-state index in [-0.39, 0.29) is 0 Å². The lowest BCUT2D eigenvalue weighted by molar-refractivity contribution is -0.188. The maximum atomic E-state index is 11.2. The van der Waals surface area contributed by atoms with E-state index in [1.807, 2.05) is 0 Å². The summed E-state index contributed by atoms with van der Waals surface area (Å²) in [5.74, 6) is 4.11. The van der Waals surface area contributed by atoms with E-state index in [1.54, 1.807) is 0 Å². The average Bonchev–Trinajstić information content (AvgIpc) is 2.95. The molecule has 0 aliphatic heterocycles. The number of carboxylic acid groups (broad SMARTS) is 1. The number of hydrogen-bond acceptors (Lipinski definition) is 1. The van der Waals surface area contributed by atoms with E-state index in [0.29, 0.717) is 39.9 Å². The van der Waals surface area contributed by atoms with Gasteiger partial charge < -0.3 is 5.11 Å². The molecule has 30 heavy (non-hydrogen) atoms. The zero-order chi connectivity index (χ0) is 22.1. The molecule has 9 atom stereocenters. The fourth-order valence-corrected chi connectivity index (χ4v) is 10.2. The number of aliphatic carboxylic acids is 1. The van der Waals surface area contributed by atoms with Crippen LogP contribution in [0.15, 0.2) is 0 Å². The van der Waals surface area contributed by atoms with Crippen LogP contribution in [0, 0.1) is 57.2 Å².